The highest BCUT2D eigenvalue weighted by atomic mass is 35.5. The van der Waals surface area contributed by atoms with Gasteiger partial charge >= 0.3 is 0 Å². The lowest BCUT2D eigenvalue weighted by Crippen LogP contribution is -2.45. The van der Waals surface area contributed by atoms with Crippen molar-refractivity contribution in [3.63, 3.8) is 0 Å². The molecule has 1 aliphatic rings. The SMILES string of the molecule is C.C[C@]1(c2cc(C(F)F)nc3ncnn23)CCCN(Cc2ccc(F)c(F)c2)C1.Cl. The molecule has 1 atom stereocenters. The van der Waals surface area contributed by atoms with Crippen LogP contribution in [0.4, 0.5) is 17.6 Å². The molecule has 3 heterocycles. The van der Waals surface area contributed by atoms with Gasteiger partial charge in [-0.05, 0) is 43.1 Å². The van der Waals surface area contributed by atoms with Gasteiger partial charge in [-0.2, -0.15) is 10.1 Å². The average Bonchev–Trinajstić information content (AvgIpc) is 3.12. The molecule has 1 aromatic carbocycles. The molecule has 0 aliphatic carbocycles. The zero-order valence-corrected chi connectivity index (χ0v) is 16.5. The molecule has 0 radical (unpaired) electrons. The van der Waals surface area contributed by atoms with Crippen molar-refractivity contribution in [2.45, 2.75) is 45.6 Å². The van der Waals surface area contributed by atoms with Crippen molar-refractivity contribution in [2.75, 3.05) is 13.1 Å². The summed E-state index contributed by atoms with van der Waals surface area (Å²) in [4.78, 5) is 9.96. The van der Waals surface area contributed by atoms with Gasteiger partial charge in [0.25, 0.3) is 12.2 Å². The van der Waals surface area contributed by atoms with Crippen LogP contribution >= 0.6 is 12.4 Å². The average molecular weight is 446 g/mol. The summed E-state index contributed by atoms with van der Waals surface area (Å²) >= 11 is 0. The van der Waals surface area contributed by atoms with E-state index in [0.29, 0.717) is 24.3 Å². The third kappa shape index (κ3) is 4.57. The molecule has 0 saturated carbocycles. The van der Waals surface area contributed by atoms with Gasteiger partial charge in [0.2, 0.25) is 0 Å². The number of benzene rings is 1. The molecule has 5 nitrogen and oxygen atoms in total. The highest BCUT2D eigenvalue weighted by Gasteiger charge is 2.36. The van der Waals surface area contributed by atoms with Gasteiger partial charge in [-0.25, -0.2) is 27.1 Å². The predicted molar refractivity (Wildman–Crippen MR) is 108 cm³/mol. The summed E-state index contributed by atoms with van der Waals surface area (Å²) in [5, 5.41) is 4.16. The zero-order valence-electron chi connectivity index (χ0n) is 15.7. The normalized spacial score (nSPS) is 19.5. The number of halogens is 5. The highest BCUT2D eigenvalue weighted by Crippen LogP contribution is 2.35. The van der Waals surface area contributed by atoms with Crippen LogP contribution in [0.25, 0.3) is 5.78 Å². The Hall–Kier alpha value is -2.26. The van der Waals surface area contributed by atoms with Crippen LogP contribution in [-0.2, 0) is 12.0 Å². The lowest BCUT2D eigenvalue weighted by molar-refractivity contribution is 0.139. The summed E-state index contributed by atoms with van der Waals surface area (Å²) in [5.74, 6) is -1.61. The number of aromatic nitrogens is 4. The van der Waals surface area contributed by atoms with E-state index in [1.54, 1.807) is 6.07 Å². The first kappa shape index (κ1) is 24.0. The fourth-order valence-electron chi connectivity index (χ4n) is 3.96. The number of nitrogens with zero attached hydrogens (tertiary/aromatic N) is 5. The van der Waals surface area contributed by atoms with Crippen molar-refractivity contribution in [2.24, 2.45) is 0 Å². The quantitative estimate of drug-likeness (QED) is 0.533. The molecule has 0 bridgehead atoms. The minimum Gasteiger partial charge on any atom is -0.298 e. The molecular weight excluding hydrogens is 422 g/mol. The van der Waals surface area contributed by atoms with E-state index in [1.807, 2.05) is 6.92 Å². The molecule has 0 amide bonds. The molecule has 3 aromatic rings. The minimum atomic E-state index is -2.70. The van der Waals surface area contributed by atoms with Crippen molar-refractivity contribution in [3.8, 4) is 0 Å². The van der Waals surface area contributed by atoms with E-state index in [9.17, 15) is 17.6 Å². The number of hydrogen-bond acceptors (Lipinski definition) is 4. The summed E-state index contributed by atoms with van der Waals surface area (Å²) in [6.45, 7) is 3.78. The van der Waals surface area contributed by atoms with Crippen molar-refractivity contribution in [1.29, 1.82) is 0 Å². The van der Waals surface area contributed by atoms with E-state index in [-0.39, 0.29) is 31.3 Å². The van der Waals surface area contributed by atoms with E-state index < -0.39 is 23.5 Å². The van der Waals surface area contributed by atoms with Crippen LogP contribution in [0.2, 0.25) is 0 Å². The first-order chi connectivity index (χ1) is 13.4. The number of rotatable bonds is 4. The number of likely N-dealkylation sites (tertiary alicyclic amines) is 1. The van der Waals surface area contributed by atoms with Crippen molar-refractivity contribution in [1.82, 2.24) is 24.5 Å². The van der Waals surface area contributed by atoms with Crippen LogP contribution in [0.15, 0.2) is 30.6 Å². The molecular formula is C20H24ClF4N5. The summed E-state index contributed by atoms with van der Waals surface area (Å²) in [5.41, 5.74) is 0.502. The van der Waals surface area contributed by atoms with Gasteiger partial charge in [0.1, 0.15) is 12.0 Å². The minimum absolute atomic E-state index is 0. The molecule has 10 heteroatoms. The molecule has 164 valence electrons. The van der Waals surface area contributed by atoms with Crippen molar-refractivity contribution in [3.05, 3.63) is 59.2 Å². The topological polar surface area (TPSA) is 46.3 Å². The maximum Gasteiger partial charge on any atom is 0.280 e. The second-order valence-electron chi connectivity index (χ2n) is 7.46. The smallest absolute Gasteiger partial charge is 0.280 e. The maximum atomic E-state index is 13.5. The van der Waals surface area contributed by atoms with E-state index >= 15 is 0 Å². The molecule has 0 spiro atoms. The first-order valence-corrected chi connectivity index (χ1v) is 9.01. The van der Waals surface area contributed by atoms with Gasteiger partial charge < -0.3 is 0 Å². The second-order valence-corrected chi connectivity index (χ2v) is 7.46. The van der Waals surface area contributed by atoms with Crippen molar-refractivity contribution < 1.29 is 17.6 Å². The van der Waals surface area contributed by atoms with Crippen LogP contribution in [0, 0.1) is 11.6 Å². The Bertz CT molecular complexity index is 1010. The van der Waals surface area contributed by atoms with E-state index in [4.69, 9.17) is 0 Å². The zero-order chi connectivity index (χ0) is 19.9. The molecule has 0 unspecified atom stereocenters. The molecule has 1 aliphatic heterocycles. The monoisotopic (exact) mass is 445 g/mol. The predicted octanol–water partition coefficient (Wildman–Crippen LogP) is 4.95. The number of piperidine rings is 1. The van der Waals surface area contributed by atoms with Crippen LogP contribution in [0.1, 0.15) is 50.6 Å². The van der Waals surface area contributed by atoms with Gasteiger partial charge in [-0.1, -0.05) is 20.4 Å². The Kier molecular flexibility index (Phi) is 7.41. The van der Waals surface area contributed by atoms with Crippen LogP contribution in [0.5, 0.6) is 0 Å². The highest BCUT2D eigenvalue weighted by molar-refractivity contribution is 5.85. The summed E-state index contributed by atoms with van der Waals surface area (Å²) in [6, 6.07) is 5.26. The van der Waals surface area contributed by atoms with E-state index in [2.05, 4.69) is 20.0 Å². The standard InChI is InChI=1S/C19H19F4N5.CH4.ClH/c1-19(16-8-15(17(22)23)26-18-24-11-25-28(16)18)5-2-6-27(10-19)9-12-3-4-13(20)14(21)7-12;;/h3-4,7-8,11,17H,2,5-6,9-10H2,1H3;1H4;1H/t19-;;/m0../s1. The lowest BCUT2D eigenvalue weighted by atomic mass is 9.78. The van der Waals surface area contributed by atoms with Gasteiger partial charge in [0.15, 0.2) is 11.6 Å². The molecule has 2 aromatic heterocycles. The molecule has 0 N–H and O–H groups in total. The van der Waals surface area contributed by atoms with Crippen LogP contribution < -0.4 is 0 Å². The maximum absolute atomic E-state index is 13.5. The fourth-order valence-corrected chi connectivity index (χ4v) is 3.96. The fraction of sp³-hybridized carbons (Fsp3) is 0.450. The van der Waals surface area contributed by atoms with Crippen LogP contribution in [-0.4, -0.2) is 37.6 Å². The number of hydrogen-bond donors (Lipinski definition) is 0. The largest absolute Gasteiger partial charge is 0.298 e. The third-order valence-electron chi connectivity index (χ3n) is 5.28. The Morgan fingerprint density at radius 3 is 2.63 bits per heavy atom. The Balaban J connectivity index is 0.00000160. The Morgan fingerprint density at radius 2 is 1.93 bits per heavy atom. The van der Waals surface area contributed by atoms with E-state index in [1.165, 1.54) is 23.0 Å². The summed E-state index contributed by atoms with van der Waals surface area (Å²) in [7, 11) is 0. The van der Waals surface area contributed by atoms with Crippen LogP contribution in [0.3, 0.4) is 0 Å². The number of fused-ring (bicyclic) bond motifs is 1. The summed E-state index contributed by atoms with van der Waals surface area (Å²) in [6.07, 6.45) is 0.212. The van der Waals surface area contributed by atoms with Gasteiger partial charge in [-0.15, -0.1) is 12.4 Å². The molecule has 1 fully saturated rings. The van der Waals surface area contributed by atoms with E-state index in [0.717, 1.165) is 25.5 Å². The molecule has 1 saturated heterocycles. The number of alkyl halides is 2. The molecule has 4 rings (SSSR count). The Labute approximate surface area is 178 Å². The third-order valence-corrected chi connectivity index (χ3v) is 5.28. The van der Waals surface area contributed by atoms with Gasteiger partial charge in [0, 0.05) is 18.5 Å². The molecule has 30 heavy (non-hydrogen) atoms. The van der Waals surface area contributed by atoms with Gasteiger partial charge in [-0.3, -0.25) is 4.90 Å². The first-order valence-electron chi connectivity index (χ1n) is 9.01. The van der Waals surface area contributed by atoms with Crippen molar-refractivity contribution >= 4 is 18.2 Å². The second kappa shape index (κ2) is 9.26. The lowest BCUT2D eigenvalue weighted by Gasteiger charge is -2.40. The van der Waals surface area contributed by atoms with Gasteiger partial charge in [0.05, 0.1) is 5.69 Å². The Morgan fingerprint density at radius 1 is 1.17 bits per heavy atom. The summed E-state index contributed by atoms with van der Waals surface area (Å²) < 4.78 is 54.8.